The first-order valence-corrected chi connectivity index (χ1v) is 8.07. The van der Waals surface area contributed by atoms with Gasteiger partial charge < -0.3 is 14.8 Å². The highest BCUT2D eigenvalue weighted by molar-refractivity contribution is 7.94. The first-order chi connectivity index (χ1) is 9.91. The minimum Gasteiger partial charge on any atom is -0.497 e. The summed E-state index contributed by atoms with van der Waals surface area (Å²) in [5.74, 6) is 0.586. The number of rotatable bonds is 5. The van der Waals surface area contributed by atoms with Crippen molar-refractivity contribution in [3.63, 3.8) is 0 Å². The van der Waals surface area contributed by atoms with Crippen LogP contribution >= 0.6 is 0 Å². The zero-order chi connectivity index (χ0) is 15.5. The van der Waals surface area contributed by atoms with Crippen LogP contribution in [0, 0.1) is 5.92 Å². The van der Waals surface area contributed by atoms with Crippen molar-refractivity contribution >= 4 is 21.4 Å². The Morgan fingerprint density at radius 1 is 1.24 bits per heavy atom. The lowest BCUT2D eigenvalue weighted by Crippen LogP contribution is -2.17. The van der Waals surface area contributed by atoms with Crippen molar-refractivity contribution in [1.82, 2.24) is 0 Å². The van der Waals surface area contributed by atoms with Gasteiger partial charge in [0.1, 0.15) is 11.5 Å². The fourth-order valence-corrected chi connectivity index (χ4v) is 3.50. The lowest BCUT2D eigenvalue weighted by atomic mass is 10.1. The van der Waals surface area contributed by atoms with Crippen molar-refractivity contribution in [2.75, 3.05) is 25.3 Å². The molecule has 1 aromatic rings. The summed E-state index contributed by atoms with van der Waals surface area (Å²) in [5.41, 5.74) is 0.543. The zero-order valence-corrected chi connectivity index (χ0v) is 12.6. The SMILES string of the molecule is COc1cc(NC(=O)C[C@@H]2C=CS(=O)(=O)C2)cc(OC)c1. The minimum atomic E-state index is -3.14. The van der Waals surface area contributed by atoms with Gasteiger partial charge in [0.2, 0.25) is 5.91 Å². The third-order valence-electron chi connectivity index (χ3n) is 3.09. The summed E-state index contributed by atoms with van der Waals surface area (Å²) in [6.07, 6.45) is 1.68. The molecule has 1 heterocycles. The summed E-state index contributed by atoms with van der Waals surface area (Å²) in [7, 11) is -0.0911. The third-order valence-corrected chi connectivity index (χ3v) is 4.55. The molecule has 0 fully saturated rings. The highest BCUT2D eigenvalue weighted by atomic mass is 32.2. The molecule has 0 aliphatic carbocycles. The topological polar surface area (TPSA) is 81.7 Å². The Labute approximate surface area is 123 Å². The van der Waals surface area contributed by atoms with Gasteiger partial charge in [-0.05, 0) is 0 Å². The number of amides is 1. The predicted octanol–water partition coefficient (Wildman–Crippen LogP) is 1.59. The quantitative estimate of drug-likeness (QED) is 0.893. The Kier molecular flexibility index (Phi) is 4.52. The summed E-state index contributed by atoms with van der Waals surface area (Å²) < 4.78 is 32.8. The van der Waals surface area contributed by atoms with Gasteiger partial charge in [-0.25, -0.2) is 8.42 Å². The Bertz CT molecular complexity index is 644. The van der Waals surface area contributed by atoms with Gasteiger partial charge in [0.15, 0.2) is 9.84 Å². The molecule has 0 aromatic heterocycles. The van der Waals surface area contributed by atoms with Gasteiger partial charge in [-0.15, -0.1) is 0 Å². The van der Waals surface area contributed by atoms with Gasteiger partial charge in [0, 0.05) is 41.6 Å². The average molecular weight is 311 g/mol. The molecule has 0 unspecified atom stereocenters. The van der Waals surface area contributed by atoms with Crippen LogP contribution in [-0.2, 0) is 14.6 Å². The van der Waals surface area contributed by atoms with E-state index in [1.54, 1.807) is 24.3 Å². The van der Waals surface area contributed by atoms with Crippen LogP contribution in [0.5, 0.6) is 11.5 Å². The normalized spacial score (nSPS) is 19.2. The molecule has 7 heteroatoms. The maximum absolute atomic E-state index is 12.0. The molecule has 1 aliphatic heterocycles. The monoisotopic (exact) mass is 311 g/mol. The van der Waals surface area contributed by atoms with E-state index in [2.05, 4.69) is 5.32 Å². The van der Waals surface area contributed by atoms with E-state index in [0.29, 0.717) is 17.2 Å². The zero-order valence-electron chi connectivity index (χ0n) is 11.8. The van der Waals surface area contributed by atoms with E-state index in [0.717, 1.165) is 0 Å². The third kappa shape index (κ3) is 4.22. The first-order valence-electron chi connectivity index (χ1n) is 6.36. The number of sulfone groups is 1. The van der Waals surface area contributed by atoms with E-state index in [4.69, 9.17) is 9.47 Å². The number of ether oxygens (including phenoxy) is 2. The molecule has 0 saturated heterocycles. The Balaban J connectivity index is 2.01. The van der Waals surface area contributed by atoms with Crippen molar-refractivity contribution < 1.29 is 22.7 Å². The lowest BCUT2D eigenvalue weighted by molar-refractivity contribution is -0.116. The second-order valence-electron chi connectivity index (χ2n) is 4.77. The second-order valence-corrected chi connectivity index (χ2v) is 6.70. The number of anilines is 1. The molecular weight excluding hydrogens is 294 g/mol. The van der Waals surface area contributed by atoms with Crippen LogP contribution in [0.15, 0.2) is 29.7 Å². The van der Waals surface area contributed by atoms with Crippen LogP contribution < -0.4 is 14.8 Å². The van der Waals surface area contributed by atoms with Gasteiger partial charge >= 0.3 is 0 Å². The molecule has 0 bridgehead atoms. The van der Waals surface area contributed by atoms with Crippen molar-refractivity contribution in [2.24, 2.45) is 5.92 Å². The van der Waals surface area contributed by atoms with Crippen LogP contribution in [0.3, 0.4) is 0 Å². The van der Waals surface area contributed by atoms with Crippen molar-refractivity contribution in [3.8, 4) is 11.5 Å². The highest BCUT2D eigenvalue weighted by Gasteiger charge is 2.23. The highest BCUT2D eigenvalue weighted by Crippen LogP contribution is 2.26. The number of hydrogen-bond acceptors (Lipinski definition) is 5. The first kappa shape index (κ1) is 15.4. The molecule has 2 rings (SSSR count). The van der Waals surface area contributed by atoms with Crippen LogP contribution in [-0.4, -0.2) is 34.3 Å². The summed E-state index contributed by atoms with van der Waals surface area (Å²) in [4.78, 5) is 12.0. The van der Waals surface area contributed by atoms with E-state index < -0.39 is 9.84 Å². The summed E-state index contributed by atoms with van der Waals surface area (Å²) >= 11 is 0. The van der Waals surface area contributed by atoms with E-state index in [-0.39, 0.29) is 24.0 Å². The molecule has 21 heavy (non-hydrogen) atoms. The van der Waals surface area contributed by atoms with E-state index in [9.17, 15) is 13.2 Å². The van der Waals surface area contributed by atoms with Gasteiger partial charge in [-0.3, -0.25) is 4.79 Å². The Hall–Kier alpha value is -2.02. The molecule has 1 N–H and O–H groups in total. The largest absolute Gasteiger partial charge is 0.497 e. The molecule has 1 aliphatic rings. The summed E-state index contributed by atoms with van der Waals surface area (Å²) in [5, 5.41) is 3.88. The molecule has 6 nitrogen and oxygen atoms in total. The molecular formula is C14H17NO5S. The number of carbonyl (C=O) groups is 1. The number of hydrogen-bond donors (Lipinski definition) is 1. The van der Waals surface area contributed by atoms with E-state index in [1.807, 2.05) is 0 Å². The summed E-state index contributed by atoms with van der Waals surface area (Å²) in [6, 6.07) is 5.03. The predicted molar refractivity (Wildman–Crippen MR) is 79.2 cm³/mol. The van der Waals surface area contributed by atoms with Crippen molar-refractivity contribution in [1.29, 1.82) is 0 Å². The van der Waals surface area contributed by atoms with Gasteiger partial charge in [-0.2, -0.15) is 0 Å². The smallest absolute Gasteiger partial charge is 0.225 e. The molecule has 0 saturated carbocycles. The molecule has 0 spiro atoms. The van der Waals surface area contributed by atoms with Crippen molar-refractivity contribution in [2.45, 2.75) is 6.42 Å². The maximum atomic E-state index is 12.0. The van der Waals surface area contributed by atoms with Crippen LogP contribution in [0.2, 0.25) is 0 Å². The standard InChI is InChI=1S/C14H17NO5S/c1-19-12-6-11(7-13(8-12)20-2)15-14(16)5-10-3-4-21(17,18)9-10/h3-4,6-8,10H,5,9H2,1-2H3,(H,15,16)/t10-/m0/s1. The van der Waals surface area contributed by atoms with Crippen molar-refractivity contribution in [3.05, 3.63) is 29.7 Å². The molecule has 114 valence electrons. The second kappa shape index (κ2) is 6.17. The lowest BCUT2D eigenvalue weighted by Gasteiger charge is -2.11. The molecule has 1 aromatic carbocycles. The number of benzene rings is 1. The number of nitrogens with one attached hydrogen (secondary N) is 1. The minimum absolute atomic E-state index is 0.0121. The molecule has 1 amide bonds. The summed E-state index contributed by atoms with van der Waals surface area (Å²) in [6.45, 7) is 0. The van der Waals surface area contributed by atoms with Crippen LogP contribution in [0.25, 0.3) is 0 Å². The maximum Gasteiger partial charge on any atom is 0.225 e. The van der Waals surface area contributed by atoms with Crippen LogP contribution in [0.1, 0.15) is 6.42 Å². The number of carbonyl (C=O) groups excluding carboxylic acids is 1. The van der Waals surface area contributed by atoms with Gasteiger partial charge in [0.05, 0.1) is 20.0 Å². The molecule has 0 radical (unpaired) electrons. The van der Waals surface area contributed by atoms with Crippen LogP contribution in [0.4, 0.5) is 5.69 Å². The Morgan fingerprint density at radius 3 is 2.33 bits per heavy atom. The van der Waals surface area contributed by atoms with E-state index in [1.165, 1.54) is 19.6 Å². The fraction of sp³-hybridized carbons (Fsp3) is 0.357. The van der Waals surface area contributed by atoms with E-state index >= 15 is 0 Å². The Morgan fingerprint density at radius 2 is 1.86 bits per heavy atom. The van der Waals surface area contributed by atoms with Gasteiger partial charge in [-0.1, -0.05) is 6.08 Å². The molecule has 1 atom stereocenters. The number of allylic oxidation sites excluding steroid dienone is 1. The average Bonchev–Trinajstić information content (AvgIpc) is 2.77. The van der Waals surface area contributed by atoms with Gasteiger partial charge in [0.25, 0.3) is 0 Å². The fourth-order valence-electron chi connectivity index (χ4n) is 2.10. The number of methoxy groups -OCH3 is 2.